The van der Waals surface area contributed by atoms with E-state index in [2.05, 4.69) is 15.2 Å². The Morgan fingerprint density at radius 3 is 2.74 bits per heavy atom. The molecule has 2 aromatic heterocycles. The normalized spacial score (nSPS) is 10.0. The van der Waals surface area contributed by atoms with E-state index in [0.717, 1.165) is 0 Å². The number of pyridine rings is 1. The van der Waals surface area contributed by atoms with Crippen molar-refractivity contribution in [3.05, 3.63) is 41.9 Å². The number of hydrogen-bond acceptors (Lipinski definition) is 6. The second kappa shape index (κ2) is 5.90. The molecule has 0 aliphatic heterocycles. The lowest BCUT2D eigenvalue weighted by Gasteiger charge is -2.04. The number of rotatable bonds is 5. The third-order valence-corrected chi connectivity index (χ3v) is 2.37. The maximum absolute atomic E-state index is 12.2. The number of hydrogen-bond donors (Lipinski definition) is 0. The molecule has 0 atom stereocenters. The van der Waals surface area contributed by atoms with Crippen LogP contribution in [0.25, 0.3) is 0 Å². The highest BCUT2D eigenvalue weighted by molar-refractivity contribution is 6.07. The molecule has 0 amide bonds. The third-order valence-electron chi connectivity index (χ3n) is 2.37. The molecule has 19 heavy (non-hydrogen) atoms. The van der Waals surface area contributed by atoms with E-state index >= 15 is 0 Å². The Morgan fingerprint density at radius 1 is 1.26 bits per heavy atom. The molecule has 2 rings (SSSR count). The number of aromatic nitrogens is 3. The Balaban J connectivity index is 2.24. The zero-order chi connectivity index (χ0) is 13.7. The van der Waals surface area contributed by atoms with Crippen LogP contribution in [0.3, 0.4) is 0 Å². The zero-order valence-corrected chi connectivity index (χ0v) is 10.7. The van der Waals surface area contributed by atoms with Crippen LogP contribution in [-0.4, -0.2) is 34.7 Å². The standard InChI is InChI=1S/C13H13N3O3/c1-3-19-10-6-9(7-14-8-10)13(17)11-4-5-12(18-2)16-15-11/h4-8H,3H2,1-2H3. The summed E-state index contributed by atoms with van der Waals surface area (Å²) in [5.41, 5.74) is 0.640. The lowest BCUT2D eigenvalue weighted by molar-refractivity contribution is 0.103. The second-order valence-corrected chi connectivity index (χ2v) is 3.63. The molecule has 6 heteroatoms. The maximum Gasteiger partial charge on any atom is 0.233 e. The van der Waals surface area contributed by atoms with Gasteiger partial charge in [-0.1, -0.05) is 0 Å². The van der Waals surface area contributed by atoms with Gasteiger partial charge in [0.2, 0.25) is 11.7 Å². The minimum absolute atomic E-state index is 0.233. The molecular formula is C13H13N3O3. The lowest BCUT2D eigenvalue weighted by atomic mass is 10.1. The highest BCUT2D eigenvalue weighted by atomic mass is 16.5. The van der Waals surface area contributed by atoms with E-state index in [0.29, 0.717) is 23.8 Å². The van der Waals surface area contributed by atoms with Crippen molar-refractivity contribution in [2.75, 3.05) is 13.7 Å². The van der Waals surface area contributed by atoms with Crippen molar-refractivity contribution in [1.29, 1.82) is 0 Å². The Labute approximate surface area is 110 Å². The molecule has 0 radical (unpaired) electrons. The van der Waals surface area contributed by atoms with Crippen molar-refractivity contribution in [3.63, 3.8) is 0 Å². The molecule has 0 spiro atoms. The van der Waals surface area contributed by atoms with Crippen molar-refractivity contribution in [3.8, 4) is 11.6 Å². The predicted octanol–water partition coefficient (Wildman–Crippen LogP) is 1.51. The number of carbonyl (C=O) groups excluding carboxylic acids is 1. The molecule has 0 fully saturated rings. The van der Waals surface area contributed by atoms with E-state index < -0.39 is 0 Å². The Morgan fingerprint density at radius 2 is 2.11 bits per heavy atom. The third kappa shape index (κ3) is 3.04. The summed E-state index contributed by atoms with van der Waals surface area (Å²) < 4.78 is 10.2. The van der Waals surface area contributed by atoms with Crippen LogP contribution in [0.4, 0.5) is 0 Å². The summed E-state index contributed by atoms with van der Waals surface area (Å²) in [6.07, 6.45) is 3.02. The molecule has 0 aliphatic rings. The average Bonchev–Trinajstić information content (AvgIpc) is 2.47. The van der Waals surface area contributed by atoms with Gasteiger partial charge in [0.05, 0.1) is 19.9 Å². The van der Waals surface area contributed by atoms with Gasteiger partial charge in [-0.3, -0.25) is 9.78 Å². The first-order chi connectivity index (χ1) is 9.24. The SMILES string of the molecule is CCOc1cncc(C(=O)c2ccc(OC)nn2)c1. The van der Waals surface area contributed by atoms with Gasteiger partial charge in [0.15, 0.2) is 0 Å². The summed E-state index contributed by atoms with van der Waals surface area (Å²) >= 11 is 0. The molecule has 0 saturated heterocycles. The molecule has 2 aromatic rings. The zero-order valence-electron chi connectivity index (χ0n) is 10.7. The topological polar surface area (TPSA) is 74.2 Å². The molecule has 6 nitrogen and oxygen atoms in total. The molecule has 0 aliphatic carbocycles. The van der Waals surface area contributed by atoms with Gasteiger partial charge in [-0.2, -0.15) is 0 Å². The van der Waals surface area contributed by atoms with Gasteiger partial charge in [-0.05, 0) is 19.1 Å². The van der Waals surface area contributed by atoms with Crippen LogP contribution in [-0.2, 0) is 0 Å². The quantitative estimate of drug-likeness (QED) is 0.758. The van der Waals surface area contributed by atoms with Crippen LogP contribution in [0.5, 0.6) is 11.6 Å². The summed E-state index contributed by atoms with van der Waals surface area (Å²) in [5.74, 6) is 0.650. The van der Waals surface area contributed by atoms with Gasteiger partial charge < -0.3 is 9.47 Å². The number of nitrogens with zero attached hydrogens (tertiary/aromatic N) is 3. The van der Waals surface area contributed by atoms with Crippen LogP contribution in [0.1, 0.15) is 23.0 Å². The van der Waals surface area contributed by atoms with Crippen molar-refractivity contribution in [2.24, 2.45) is 0 Å². The van der Waals surface area contributed by atoms with E-state index in [4.69, 9.17) is 9.47 Å². The Kier molecular flexibility index (Phi) is 4.02. The van der Waals surface area contributed by atoms with Crippen LogP contribution < -0.4 is 9.47 Å². The summed E-state index contributed by atoms with van der Waals surface area (Å²) in [5, 5.41) is 7.57. The fraction of sp³-hybridized carbons (Fsp3) is 0.231. The van der Waals surface area contributed by atoms with E-state index in [1.807, 2.05) is 6.92 Å². The monoisotopic (exact) mass is 259 g/mol. The maximum atomic E-state index is 12.2. The molecular weight excluding hydrogens is 246 g/mol. The van der Waals surface area contributed by atoms with Crippen LogP contribution in [0, 0.1) is 0 Å². The van der Waals surface area contributed by atoms with Crippen molar-refractivity contribution >= 4 is 5.78 Å². The first kappa shape index (κ1) is 12.9. The molecule has 2 heterocycles. The van der Waals surface area contributed by atoms with Crippen LogP contribution in [0.15, 0.2) is 30.6 Å². The van der Waals surface area contributed by atoms with Gasteiger partial charge in [0, 0.05) is 17.8 Å². The van der Waals surface area contributed by atoms with Gasteiger partial charge in [-0.15, -0.1) is 10.2 Å². The molecule has 0 bridgehead atoms. The van der Waals surface area contributed by atoms with E-state index in [-0.39, 0.29) is 11.5 Å². The van der Waals surface area contributed by atoms with E-state index in [9.17, 15) is 4.79 Å². The molecule has 0 unspecified atom stereocenters. The minimum atomic E-state index is -0.260. The van der Waals surface area contributed by atoms with Crippen LogP contribution in [0.2, 0.25) is 0 Å². The largest absolute Gasteiger partial charge is 0.492 e. The summed E-state index contributed by atoms with van der Waals surface area (Å²) in [6, 6.07) is 4.77. The smallest absolute Gasteiger partial charge is 0.233 e. The minimum Gasteiger partial charge on any atom is -0.492 e. The average molecular weight is 259 g/mol. The molecule has 0 N–H and O–H groups in total. The van der Waals surface area contributed by atoms with E-state index in [1.165, 1.54) is 13.3 Å². The summed E-state index contributed by atoms with van der Waals surface area (Å²) in [6.45, 7) is 2.38. The highest BCUT2D eigenvalue weighted by Crippen LogP contribution is 2.14. The number of ether oxygens (including phenoxy) is 2. The predicted molar refractivity (Wildman–Crippen MR) is 67.4 cm³/mol. The summed E-state index contributed by atoms with van der Waals surface area (Å²) in [7, 11) is 1.49. The lowest BCUT2D eigenvalue weighted by Crippen LogP contribution is -2.06. The van der Waals surface area contributed by atoms with E-state index in [1.54, 1.807) is 24.4 Å². The van der Waals surface area contributed by atoms with Gasteiger partial charge in [-0.25, -0.2) is 0 Å². The second-order valence-electron chi connectivity index (χ2n) is 3.63. The Bertz CT molecular complexity index is 570. The summed E-state index contributed by atoms with van der Waals surface area (Å²) in [4.78, 5) is 16.1. The van der Waals surface area contributed by atoms with Crippen molar-refractivity contribution in [2.45, 2.75) is 6.92 Å². The molecule has 0 saturated carbocycles. The van der Waals surface area contributed by atoms with Crippen LogP contribution >= 0.6 is 0 Å². The Hall–Kier alpha value is -2.50. The highest BCUT2D eigenvalue weighted by Gasteiger charge is 2.12. The molecule has 98 valence electrons. The van der Waals surface area contributed by atoms with Gasteiger partial charge in [0.25, 0.3) is 0 Å². The van der Waals surface area contributed by atoms with Gasteiger partial charge >= 0.3 is 0 Å². The molecule has 0 aromatic carbocycles. The number of ketones is 1. The van der Waals surface area contributed by atoms with Gasteiger partial charge in [0.1, 0.15) is 11.4 Å². The van der Waals surface area contributed by atoms with Crippen molar-refractivity contribution in [1.82, 2.24) is 15.2 Å². The fourth-order valence-electron chi connectivity index (χ4n) is 1.49. The fourth-order valence-corrected chi connectivity index (χ4v) is 1.49. The number of methoxy groups -OCH3 is 1. The first-order valence-electron chi connectivity index (χ1n) is 5.75. The number of carbonyl (C=O) groups is 1. The first-order valence-corrected chi connectivity index (χ1v) is 5.75. The van der Waals surface area contributed by atoms with Crippen molar-refractivity contribution < 1.29 is 14.3 Å².